The van der Waals surface area contributed by atoms with E-state index < -0.39 is 6.61 Å². The van der Waals surface area contributed by atoms with Crippen molar-refractivity contribution in [2.45, 2.75) is 26.5 Å². The quantitative estimate of drug-likeness (QED) is 0.766. The third-order valence-corrected chi connectivity index (χ3v) is 3.91. The van der Waals surface area contributed by atoms with Crippen LogP contribution in [0.3, 0.4) is 0 Å². The van der Waals surface area contributed by atoms with Gasteiger partial charge in [0.05, 0.1) is 23.3 Å². The fraction of sp³-hybridized carbons (Fsp3) is 0.222. The van der Waals surface area contributed by atoms with Crippen LogP contribution in [0.5, 0.6) is 5.75 Å². The van der Waals surface area contributed by atoms with Crippen molar-refractivity contribution in [3.05, 3.63) is 65.7 Å². The second-order valence-electron chi connectivity index (χ2n) is 5.66. The standard InChI is InChI=1S/C18H17F2N3O2/c1-11(13-4-3-5-16(8-13)25-18(19)20)22-17(24)14-6-7-15-9-21-12(2)23(15)10-14/h3-11,18H,1-2H3,(H,22,24). The highest BCUT2D eigenvalue weighted by Gasteiger charge is 2.14. The van der Waals surface area contributed by atoms with E-state index in [2.05, 4.69) is 15.0 Å². The van der Waals surface area contributed by atoms with E-state index in [1.807, 2.05) is 17.4 Å². The Morgan fingerprint density at radius 3 is 2.84 bits per heavy atom. The smallest absolute Gasteiger partial charge is 0.387 e. The molecule has 2 aromatic heterocycles. The van der Waals surface area contributed by atoms with Gasteiger partial charge in [-0.05, 0) is 43.7 Å². The maximum Gasteiger partial charge on any atom is 0.387 e. The maximum atomic E-state index is 12.5. The Morgan fingerprint density at radius 1 is 1.28 bits per heavy atom. The lowest BCUT2D eigenvalue weighted by Gasteiger charge is -2.16. The molecular weight excluding hydrogens is 328 g/mol. The summed E-state index contributed by atoms with van der Waals surface area (Å²) in [7, 11) is 0. The van der Waals surface area contributed by atoms with E-state index in [1.54, 1.807) is 37.5 Å². The van der Waals surface area contributed by atoms with Gasteiger partial charge in [-0.25, -0.2) is 4.98 Å². The number of aryl methyl sites for hydroxylation is 1. The normalized spacial score (nSPS) is 12.4. The van der Waals surface area contributed by atoms with E-state index in [4.69, 9.17) is 0 Å². The summed E-state index contributed by atoms with van der Waals surface area (Å²) in [6.45, 7) is 0.747. The van der Waals surface area contributed by atoms with Crippen LogP contribution in [-0.2, 0) is 0 Å². The molecular formula is C18H17F2N3O2. The number of rotatable bonds is 5. The van der Waals surface area contributed by atoms with Crippen LogP contribution < -0.4 is 10.1 Å². The van der Waals surface area contributed by atoms with Crippen molar-refractivity contribution in [3.63, 3.8) is 0 Å². The molecule has 1 N–H and O–H groups in total. The fourth-order valence-electron chi connectivity index (χ4n) is 2.58. The highest BCUT2D eigenvalue weighted by Crippen LogP contribution is 2.21. The van der Waals surface area contributed by atoms with E-state index in [-0.39, 0.29) is 17.7 Å². The van der Waals surface area contributed by atoms with E-state index in [0.29, 0.717) is 11.1 Å². The summed E-state index contributed by atoms with van der Waals surface area (Å²) in [6, 6.07) is 9.45. The summed E-state index contributed by atoms with van der Waals surface area (Å²) in [6.07, 6.45) is 3.45. The number of halogens is 2. The number of imidazole rings is 1. The number of pyridine rings is 1. The number of nitrogens with one attached hydrogen (secondary N) is 1. The summed E-state index contributed by atoms with van der Waals surface area (Å²) >= 11 is 0. The van der Waals surface area contributed by atoms with Gasteiger partial charge >= 0.3 is 6.61 Å². The largest absolute Gasteiger partial charge is 0.435 e. The van der Waals surface area contributed by atoms with E-state index in [0.717, 1.165) is 11.3 Å². The second kappa shape index (κ2) is 6.88. The Balaban J connectivity index is 1.76. The van der Waals surface area contributed by atoms with Crippen molar-refractivity contribution >= 4 is 11.4 Å². The number of amides is 1. The van der Waals surface area contributed by atoms with Crippen LogP contribution in [0.1, 0.15) is 34.7 Å². The lowest BCUT2D eigenvalue weighted by atomic mass is 10.1. The summed E-state index contributed by atoms with van der Waals surface area (Å²) in [5.74, 6) is 0.585. The number of carbonyl (C=O) groups excluding carboxylic acids is 1. The van der Waals surface area contributed by atoms with Crippen molar-refractivity contribution < 1.29 is 18.3 Å². The number of aromatic nitrogens is 2. The van der Waals surface area contributed by atoms with E-state index in [1.165, 1.54) is 12.1 Å². The second-order valence-corrected chi connectivity index (χ2v) is 5.66. The minimum Gasteiger partial charge on any atom is -0.435 e. The zero-order chi connectivity index (χ0) is 18.0. The first kappa shape index (κ1) is 16.9. The summed E-state index contributed by atoms with van der Waals surface area (Å²) < 4.78 is 30.9. The number of nitrogens with zero attached hydrogens (tertiary/aromatic N) is 2. The zero-order valence-electron chi connectivity index (χ0n) is 13.7. The van der Waals surface area contributed by atoms with Crippen molar-refractivity contribution in [2.24, 2.45) is 0 Å². The Bertz CT molecular complexity index is 908. The Kier molecular flexibility index (Phi) is 4.65. The maximum absolute atomic E-state index is 12.5. The predicted molar refractivity (Wildman–Crippen MR) is 88.9 cm³/mol. The molecule has 2 heterocycles. The molecule has 1 unspecified atom stereocenters. The molecule has 0 aliphatic carbocycles. The van der Waals surface area contributed by atoms with Gasteiger partial charge in [-0.15, -0.1) is 0 Å². The molecule has 1 aromatic carbocycles. The van der Waals surface area contributed by atoms with Gasteiger partial charge in [0.1, 0.15) is 11.6 Å². The molecule has 0 saturated carbocycles. The molecule has 0 fully saturated rings. The monoisotopic (exact) mass is 345 g/mol. The molecule has 0 radical (unpaired) electrons. The van der Waals surface area contributed by atoms with Gasteiger partial charge in [-0.3, -0.25) is 4.79 Å². The first-order chi connectivity index (χ1) is 11.9. The molecule has 25 heavy (non-hydrogen) atoms. The van der Waals surface area contributed by atoms with Crippen LogP contribution in [0, 0.1) is 6.92 Å². The summed E-state index contributed by atoms with van der Waals surface area (Å²) in [4.78, 5) is 16.7. The SMILES string of the molecule is Cc1ncc2ccc(C(=O)NC(C)c3cccc(OC(F)F)c3)cn12. The van der Waals surface area contributed by atoms with Gasteiger partial charge in [0.2, 0.25) is 0 Å². The molecule has 5 nitrogen and oxygen atoms in total. The van der Waals surface area contributed by atoms with Crippen molar-refractivity contribution in [3.8, 4) is 5.75 Å². The minimum atomic E-state index is -2.88. The molecule has 1 amide bonds. The first-order valence-electron chi connectivity index (χ1n) is 7.73. The number of fused-ring (bicyclic) bond motifs is 1. The van der Waals surface area contributed by atoms with E-state index >= 15 is 0 Å². The van der Waals surface area contributed by atoms with Gasteiger partial charge in [0.15, 0.2) is 0 Å². The molecule has 0 spiro atoms. The van der Waals surface area contributed by atoms with Crippen molar-refractivity contribution in [1.29, 1.82) is 0 Å². The number of hydrogen-bond acceptors (Lipinski definition) is 3. The van der Waals surface area contributed by atoms with Gasteiger partial charge in [-0.2, -0.15) is 8.78 Å². The van der Waals surface area contributed by atoms with Gasteiger partial charge < -0.3 is 14.5 Å². The molecule has 130 valence electrons. The number of alkyl halides is 2. The molecule has 0 aliphatic rings. The lowest BCUT2D eigenvalue weighted by molar-refractivity contribution is -0.0499. The van der Waals surface area contributed by atoms with Gasteiger partial charge in [0.25, 0.3) is 5.91 Å². The van der Waals surface area contributed by atoms with Crippen LogP contribution in [-0.4, -0.2) is 21.9 Å². The highest BCUT2D eigenvalue weighted by atomic mass is 19.3. The summed E-state index contributed by atoms with van der Waals surface area (Å²) in [5.41, 5.74) is 2.06. The fourth-order valence-corrected chi connectivity index (χ4v) is 2.58. The molecule has 1 atom stereocenters. The van der Waals surface area contributed by atoms with Gasteiger partial charge in [0, 0.05) is 6.20 Å². The number of ether oxygens (including phenoxy) is 1. The number of benzene rings is 1. The Morgan fingerprint density at radius 2 is 2.08 bits per heavy atom. The minimum absolute atomic E-state index is 0.0593. The van der Waals surface area contributed by atoms with Crippen LogP contribution in [0.2, 0.25) is 0 Å². The Hall–Kier alpha value is -2.96. The molecule has 0 bridgehead atoms. The zero-order valence-corrected chi connectivity index (χ0v) is 13.7. The Labute approximate surface area is 143 Å². The van der Waals surface area contributed by atoms with Crippen molar-refractivity contribution in [1.82, 2.24) is 14.7 Å². The van der Waals surface area contributed by atoms with E-state index in [9.17, 15) is 13.6 Å². The average Bonchev–Trinajstić information content (AvgIpc) is 2.95. The van der Waals surface area contributed by atoms with Crippen LogP contribution in [0.25, 0.3) is 5.52 Å². The first-order valence-corrected chi connectivity index (χ1v) is 7.73. The average molecular weight is 345 g/mol. The predicted octanol–water partition coefficient (Wildman–Crippen LogP) is 3.74. The van der Waals surface area contributed by atoms with Crippen LogP contribution >= 0.6 is 0 Å². The van der Waals surface area contributed by atoms with Crippen LogP contribution in [0.15, 0.2) is 48.8 Å². The van der Waals surface area contributed by atoms with Crippen LogP contribution in [0.4, 0.5) is 8.78 Å². The summed E-state index contributed by atoms with van der Waals surface area (Å²) in [5, 5.41) is 2.85. The number of carbonyl (C=O) groups is 1. The van der Waals surface area contributed by atoms with Crippen molar-refractivity contribution in [2.75, 3.05) is 0 Å². The molecule has 3 aromatic rings. The third-order valence-electron chi connectivity index (χ3n) is 3.91. The molecule has 0 aliphatic heterocycles. The molecule has 0 saturated heterocycles. The lowest BCUT2D eigenvalue weighted by Crippen LogP contribution is -2.26. The van der Waals surface area contributed by atoms with Gasteiger partial charge in [-0.1, -0.05) is 12.1 Å². The number of hydrogen-bond donors (Lipinski definition) is 1. The topological polar surface area (TPSA) is 55.6 Å². The molecule has 7 heteroatoms. The molecule has 3 rings (SSSR count). The third kappa shape index (κ3) is 3.76. The highest BCUT2D eigenvalue weighted by molar-refractivity contribution is 5.94.